The van der Waals surface area contributed by atoms with Crippen LogP contribution in [-0.2, 0) is 93.0 Å². The third-order valence-corrected chi connectivity index (χ3v) is 20.9. The molecule has 3 aliphatic rings. The number of aliphatic hydroxyl groups excluding tert-OH is 1. The quantitative estimate of drug-likeness (QED) is 0.103. The Bertz CT molecular complexity index is 4020. The average molecular weight is 1490 g/mol. The fourth-order valence-electron chi connectivity index (χ4n) is 12.4. The standard InChI is InChI=1S/C73H96N14O16S2/c1-38-61(93)78-50(31-42-18-22-47(89)23-19-42)63(95)86-73(10)41(4)103-40(3)57(84-70(73)102)66(98)81-53(59(74)92)37-105-36-45-15-11-14-44(30-45)35-104-29-26-55(91)82-58(71(5,6)7)67(99)80-52(32-43-20-24-48(90)25-21-43)68(100)87-28-13-17-54(87)64(96)83-56(39(2)88)65(97)79-51(62(94)85-72(8,9)69(101)77-38)33-46-34-76-60-49(46)16-12-27-75-60/h11-12,14-16,18-25,27,30,34,38-41,50-54,56-58,88-90H,13,17,26,28-29,31-33,35-37H2,1-10H3,(H2,74,92)(H,75,76)(H,77,101)(H,78,93)(H,79,97)(H,80,99)(H,81,98)(H,82,91)(H,83,96)(H,84,102)(H,85,94)(H,86,95)/t38-,39+,40-,41?,50-,51-,52-,53-,54-,56-,57-,58+,73-/m0/s1. The number of phenolic OH excluding ortho intramolecular Hbond substituents is 2. The number of aliphatic hydroxyl groups is 1. The Hall–Kier alpha value is -9.79. The Balaban J connectivity index is 1.08. The first-order chi connectivity index (χ1) is 49.5. The van der Waals surface area contributed by atoms with E-state index in [9.17, 15) is 68.1 Å². The number of amides is 12. The number of nitrogens with zero attached hydrogens (tertiary/aromatic N) is 2. The molecule has 2 aromatic heterocycles. The normalized spacial score (nSPS) is 27.2. The second-order valence-electron chi connectivity index (χ2n) is 28.7. The summed E-state index contributed by atoms with van der Waals surface area (Å²) in [7, 11) is 0. The number of benzene rings is 3. The smallest absolute Gasteiger partial charge is 0.248 e. The molecule has 0 aliphatic carbocycles. The number of primary amides is 1. The average Bonchev–Trinajstić information content (AvgIpc) is 1.77. The number of nitrogens with one attached hydrogen (secondary N) is 11. The topological polar surface area (TPSA) is 453 Å². The Morgan fingerprint density at radius 3 is 1.90 bits per heavy atom. The van der Waals surface area contributed by atoms with Gasteiger partial charge in [-0.05, 0) is 131 Å². The maximum absolute atomic E-state index is 15.0. The van der Waals surface area contributed by atoms with Crippen LogP contribution in [0, 0.1) is 5.41 Å². The van der Waals surface area contributed by atoms with Gasteiger partial charge in [0.15, 0.2) is 0 Å². The molecule has 5 aromatic rings. The minimum absolute atomic E-state index is 0.00678. The summed E-state index contributed by atoms with van der Waals surface area (Å²) in [4.78, 5) is 181. The predicted octanol–water partition coefficient (Wildman–Crippen LogP) is 0.951. The van der Waals surface area contributed by atoms with Gasteiger partial charge < -0.3 is 88.8 Å². The lowest BCUT2D eigenvalue weighted by atomic mass is 9.85. The number of aromatic hydroxyl groups is 2. The van der Waals surface area contributed by atoms with Crippen molar-refractivity contribution in [3.63, 3.8) is 0 Å². The van der Waals surface area contributed by atoms with E-state index in [1.165, 1.54) is 119 Å². The van der Waals surface area contributed by atoms with Crippen LogP contribution in [0.3, 0.4) is 0 Å². The molecule has 0 saturated carbocycles. The van der Waals surface area contributed by atoms with E-state index in [-0.39, 0.29) is 55.9 Å². The number of fused-ring (bicyclic) bond motifs is 7. The zero-order valence-electron chi connectivity index (χ0n) is 60.4. The summed E-state index contributed by atoms with van der Waals surface area (Å²) >= 11 is 2.78. The van der Waals surface area contributed by atoms with E-state index in [1.54, 1.807) is 51.2 Å². The molecule has 13 atom stereocenters. The molecule has 30 nitrogen and oxygen atoms in total. The number of ether oxygens (including phenoxy) is 1. The molecule has 8 rings (SSSR count). The number of carbonyl (C=O) groups is 12. The molecule has 5 heterocycles. The number of pyridine rings is 1. The van der Waals surface area contributed by atoms with Gasteiger partial charge in [0, 0.05) is 73.0 Å². The second kappa shape index (κ2) is 35.3. The first kappa shape index (κ1) is 80.9. The lowest BCUT2D eigenvalue weighted by Gasteiger charge is -2.34. The Labute approximate surface area is 616 Å². The van der Waals surface area contributed by atoms with Crippen LogP contribution in [0.5, 0.6) is 11.5 Å². The monoisotopic (exact) mass is 1490 g/mol. The van der Waals surface area contributed by atoms with Gasteiger partial charge >= 0.3 is 0 Å². The molecular formula is C73H96N14O16S2. The minimum Gasteiger partial charge on any atom is -0.508 e. The van der Waals surface area contributed by atoms with Gasteiger partial charge in [0.1, 0.15) is 82.6 Å². The number of aromatic amines is 1. The summed E-state index contributed by atoms with van der Waals surface area (Å²) in [5.74, 6) is -8.84. The van der Waals surface area contributed by atoms with Crippen LogP contribution in [0.1, 0.15) is 116 Å². The zero-order valence-corrected chi connectivity index (χ0v) is 62.0. The maximum atomic E-state index is 15.0. The van der Waals surface area contributed by atoms with E-state index in [2.05, 4.69) is 63.1 Å². The van der Waals surface area contributed by atoms with Gasteiger partial charge in [0.25, 0.3) is 0 Å². The van der Waals surface area contributed by atoms with Crippen molar-refractivity contribution in [2.75, 3.05) is 18.1 Å². The van der Waals surface area contributed by atoms with E-state index in [4.69, 9.17) is 10.5 Å². The molecule has 566 valence electrons. The third-order valence-electron chi connectivity index (χ3n) is 18.7. The van der Waals surface area contributed by atoms with Gasteiger partial charge in [-0.25, -0.2) is 4.98 Å². The van der Waals surface area contributed by atoms with Crippen molar-refractivity contribution in [3.8, 4) is 11.5 Å². The third kappa shape index (κ3) is 21.5. The molecule has 12 amide bonds. The Morgan fingerprint density at radius 1 is 0.676 bits per heavy atom. The van der Waals surface area contributed by atoms with E-state index >= 15 is 4.79 Å². The van der Waals surface area contributed by atoms with Gasteiger partial charge in [0.05, 0.1) is 18.3 Å². The maximum Gasteiger partial charge on any atom is 0.248 e. The molecule has 3 aliphatic heterocycles. The molecular weight excluding hydrogens is 1390 g/mol. The van der Waals surface area contributed by atoms with Crippen LogP contribution in [0.25, 0.3) is 11.0 Å². The zero-order chi connectivity index (χ0) is 76.8. The molecule has 32 heteroatoms. The van der Waals surface area contributed by atoms with E-state index in [1.807, 2.05) is 24.3 Å². The summed E-state index contributed by atoms with van der Waals surface area (Å²) in [6.07, 6.45) is -0.903. The molecule has 0 radical (unpaired) electrons. The number of nitrogens with two attached hydrogens (primary N) is 1. The molecule has 1 unspecified atom stereocenters. The van der Waals surface area contributed by atoms with Crippen LogP contribution < -0.4 is 58.9 Å². The van der Waals surface area contributed by atoms with Crippen molar-refractivity contribution in [3.05, 3.63) is 125 Å². The van der Waals surface area contributed by atoms with Gasteiger partial charge in [-0.2, -0.15) is 23.5 Å². The lowest BCUT2D eigenvalue weighted by Crippen LogP contribution is -2.66. The number of rotatable bonds is 8. The summed E-state index contributed by atoms with van der Waals surface area (Å²) < 4.78 is 6.23. The number of aromatic nitrogens is 2. The number of carbonyl (C=O) groups excluding carboxylic acids is 12. The Morgan fingerprint density at radius 2 is 1.28 bits per heavy atom. The van der Waals surface area contributed by atoms with Crippen molar-refractivity contribution in [2.45, 2.75) is 203 Å². The van der Waals surface area contributed by atoms with E-state index in [0.717, 1.165) is 11.1 Å². The number of thioether (sulfide) groups is 2. The largest absolute Gasteiger partial charge is 0.508 e. The summed E-state index contributed by atoms with van der Waals surface area (Å²) in [5, 5.41) is 59.0. The van der Waals surface area contributed by atoms with Crippen LogP contribution >= 0.6 is 23.5 Å². The van der Waals surface area contributed by atoms with Crippen molar-refractivity contribution < 1.29 is 77.6 Å². The highest BCUT2D eigenvalue weighted by Gasteiger charge is 2.50. The molecule has 2 fully saturated rings. The molecule has 0 spiro atoms. The number of H-pyrrole nitrogens is 1. The van der Waals surface area contributed by atoms with Gasteiger partial charge in [-0.15, -0.1) is 0 Å². The minimum atomic E-state index is -1.93. The Kier molecular flexibility index (Phi) is 27.2. The van der Waals surface area contributed by atoms with Crippen LogP contribution in [0.2, 0.25) is 0 Å². The molecule has 16 N–H and O–H groups in total. The van der Waals surface area contributed by atoms with Crippen LogP contribution in [0.15, 0.2) is 97.3 Å². The SMILES string of the molecule is CC1O[C@@H](C)[C@@H]2NC(=O)[C@@]1(C)NC(=O)[C@H](Cc1ccc(O)cc1)NC(=O)[C@H](C)NC(=O)C(C)(C)NC(=O)[C@H](Cc1c[nH]c3ncccc13)NC(=O)[C@H]([C@@H](C)O)NC(=O)[C@@H]1CCCN1C(=O)[C@H](Cc1ccc(O)cc1)NC(=O)[C@H](C(C)(C)C)NC(=O)CCSCc1cccc(c1)CSC[C@@H](C(N)=O)NC2=O. The highest BCUT2D eigenvalue weighted by molar-refractivity contribution is 7.98. The van der Waals surface area contributed by atoms with Crippen molar-refractivity contribution in [2.24, 2.45) is 11.1 Å². The molecule has 105 heavy (non-hydrogen) atoms. The highest BCUT2D eigenvalue weighted by Crippen LogP contribution is 2.28. The first-order valence-corrected chi connectivity index (χ1v) is 37.0. The molecule has 3 aromatic carbocycles. The van der Waals surface area contributed by atoms with Crippen LogP contribution in [-0.4, -0.2) is 203 Å². The summed E-state index contributed by atoms with van der Waals surface area (Å²) in [6.45, 7) is 14.9. The van der Waals surface area contributed by atoms with Gasteiger partial charge in [0.2, 0.25) is 70.9 Å². The lowest BCUT2D eigenvalue weighted by molar-refractivity contribution is -0.143. The summed E-state index contributed by atoms with van der Waals surface area (Å²) in [6, 6.07) is 10.0. The predicted molar refractivity (Wildman–Crippen MR) is 392 cm³/mol. The van der Waals surface area contributed by atoms with E-state index < -0.39 is 160 Å². The molecule has 4 bridgehead atoms. The highest BCUT2D eigenvalue weighted by atomic mass is 32.2. The summed E-state index contributed by atoms with van der Waals surface area (Å²) in [5.41, 5.74) is 4.78. The number of hydrogen-bond donors (Lipinski definition) is 15. The van der Waals surface area contributed by atoms with Crippen molar-refractivity contribution >= 4 is 105 Å². The number of hydrogen-bond acceptors (Lipinski definition) is 19. The van der Waals surface area contributed by atoms with Crippen molar-refractivity contribution in [1.82, 2.24) is 68.0 Å². The van der Waals surface area contributed by atoms with Crippen LogP contribution in [0.4, 0.5) is 0 Å². The second-order valence-corrected chi connectivity index (χ2v) is 30.8. The van der Waals surface area contributed by atoms with E-state index in [0.29, 0.717) is 51.4 Å². The van der Waals surface area contributed by atoms with Gasteiger partial charge in [-0.3, -0.25) is 57.5 Å². The van der Waals surface area contributed by atoms with Gasteiger partial charge in [-0.1, -0.05) is 69.3 Å². The first-order valence-electron chi connectivity index (χ1n) is 34.7. The fraction of sp³-hybridized carbons (Fsp3) is 0.493. The fourth-order valence-corrected chi connectivity index (χ4v) is 14.3. The number of phenols is 2. The van der Waals surface area contributed by atoms with Crippen molar-refractivity contribution in [1.29, 1.82) is 0 Å². The molecule has 2 saturated heterocycles.